The Morgan fingerprint density at radius 1 is 0.385 bits per heavy atom. The van der Waals surface area contributed by atoms with Crippen LogP contribution in [0, 0.1) is 0 Å². The first-order valence-corrected chi connectivity index (χ1v) is 26.5. The van der Waals surface area contributed by atoms with Gasteiger partial charge in [0.2, 0.25) is 0 Å². The molecule has 408 valence electrons. The van der Waals surface area contributed by atoms with Crippen molar-refractivity contribution >= 4 is 17.6 Å². The van der Waals surface area contributed by atoms with Gasteiger partial charge in [0.15, 0.2) is 18.7 Å². The van der Waals surface area contributed by atoms with Gasteiger partial charge in [0.1, 0.15) is 84.8 Å². The zero-order valence-corrected chi connectivity index (χ0v) is 44.3. The molecule has 0 amide bonds. The second kappa shape index (κ2) is 29.2. The first-order chi connectivity index (χ1) is 38.4. The highest BCUT2D eigenvalue weighted by atomic mass is 35.5. The molecule has 0 N–H and O–H groups in total. The minimum atomic E-state index is -1.29. The Balaban J connectivity index is 1.15. The van der Waals surface area contributed by atoms with E-state index < -0.39 is 73.3 Å². The van der Waals surface area contributed by atoms with Gasteiger partial charge >= 0.3 is 5.97 Å². The maximum absolute atomic E-state index is 13.5. The predicted molar refractivity (Wildman–Crippen MR) is 291 cm³/mol. The number of hydrogen-bond donors (Lipinski definition) is 0. The van der Waals surface area contributed by atoms with Gasteiger partial charge < -0.3 is 61.6 Å². The molecule has 10 atom stereocenters. The molecule has 2 aliphatic rings. The summed E-state index contributed by atoms with van der Waals surface area (Å²) in [6, 6.07) is 63.3. The lowest BCUT2D eigenvalue weighted by Crippen LogP contribution is -2.67. The molecule has 2 saturated heterocycles. The topological polar surface area (TPSA) is 137 Å². The average Bonchev–Trinajstić information content (AvgIpc) is 3.59. The molecule has 2 aliphatic heterocycles. The van der Waals surface area contributed by atoms with Crippen LogP contribution in [0.1, 0.15) is 27.8 Å². The Kier molecular flexibility index (Phi) is 21.0. The SMILES string of the molecule is COc1ccc(OC[C@H]2O[C@H](O[C@@H]3[C@H](OCc4ccccc4)[C@@H](OCc4ccccc4)[C@H](OCc4ccccc4)O[C@@H]3COc3ccc(OC)cc3)[C@H](OCc3ccccc3)[C@@H](OCc3ccccc3)[C@H]2OC(=O)CCl)cc1. The Labute approximate surface area is 460 Å². The van der Waals surface area contributed by atoms with Crippen molar-refractivity contribution in [3.8, 4) is 23.0 Å². The highest BCUT2D eigenvalue weighted by molar-refractivity contribution is 6.26. The number of carbonyl (C=O) groups excluding carboxylic acids is 1. The molecule has 0 aliphatic carbocycles. The number of ether oxygens (including phenoxy) is 13. The number of rotatable bonds is 27. The Hall–Kier alpha value is -6.82. The van der Waals surface area contributed by atoms with E-state index in [0.29, 0.717) is 23.0 Å². The molecule has 9 rings (SSSR count). The molecule has 15 heteroatoms. The van der Waals surface area contributed by atoms with Crippen molar-refractivity contribution < 1.29 is 66.4 Å². The monoisotopic (exact) mass is 1080 g/mol. The van der Waals surface area contributed by atoms with Crippen LogP contribution >= 0.6 is 11.6 Å². The van der Waals surface area contributed by atoms with Crippen LogP contribution in [0.2, 0.25) is 0 Å². The summed E-state index contributed by atoms with van der Waals surface area (Å²) in [5.74, 6) is 1.25. The lowest BCUT2D eigenvalue weighted by Gasteiger charge is -2.50. The second-order valence-electron chi connectivity index (χ2n) is 18.6. The largest absolute Gasteiger partial charge is 0.497 e. The zero-order chi connectivity index (χ0) is 53.7. The number of esters is 1. The van der Waals surface area contributed by atoms with Gasteiger partial charge in [0, 0.05) is 0 Å². The molecule has 0 radical (unpaired) electrons. The van der Waals surface area contributed by atoms with E-state index in [-0.39, 0.29) is 46.2 Å². The normalized spacial score (nSPS) is 23.0. The fraction of sp³-hybridized carbons (Fsp3) is 0.317. The van der Waals surface area contributed by atoms with Crippen LogP contribution in [-0.4, -0.2) is 101 Å². The first-order valence-electron chi connectivity index (χ1n) is 26.0. The smallest absolute Gasteiger partial charge is 0.321 e. The summed E-state index contributed by atoms with van der Waals surface area (Å²) < 4.78 is 86.5. The van der Waals surface area contributed by atoms with E-state index in [0.717, 1.165) is 27.8 Å². The van der Waals surface area contributed by atoms with Gasteiger partial charge in [0.05, 0.1) is 47.3 Å². The van der Waals surface area contributed by atoms with Crippen LogP contribution in [0.4, 0.5) is 0 Å². The third-order valence-corrected chi connectivity index (χ3v) is 13.4. The summed E-state index contributed by atoms with van der Waals surface area (Å²) in [6.07, 6.45) is -10.4. The standard InChI is InChI=1S/C63H65ClO14/c1-66-49-28-32-51(33-29-49)68-42-53-56(77-55(65)36-64)58(70-37-44-18-8-3-9-19-44)61(73-40-47-24-14-6-15-25-47)63(76-53)78-57-54(43-69-52-34-30-50(67-2)31-35-52)75-62(74-41-48-26-16-7-17-27-48)60(72-39-46-22-12-5-13-23-46)59(57)71-38-45-20-10-4-11-21-45/h3-35,53-54,56-63H,36-43H2,1-2H3/t53-,54-,56+,57+,58+,59+,60-,61-,62-,63-/m1/s1. The van der Waals surface area contributed by atoms with E-state index in [1.54, 1.807) is 38.5 Å². The molecular weight excluding hydrogens is 1020 g/mol. The fourth-order valence-electron chi connectivity index (χ4n) is 9.17. The van der Waals surface area contributed by atoms with E-state index in [9.17, 15) is 4.79 Å². The van der Waals surface area contributed by atoms with Gasteiger partial charge in [-0.05, 0) is 76.3 Å². The molecule has 2 fully saturated rings. The van der Waals surface area contributed by atoms with Crippen LogP contribution in [-0.2, 0) is 80.5 Å². The summed E-state index contributed by atoms with van der Waals surface area (Å²) in [5.41, 5.74) is 4.48. The molecule has 0 saturated carbocycles. The Bertz CT molecular complexity index is 2800. The average molecular weight is 1080 g/mol. The third-order valence-electron chi connectivity index (χ3n) is 13.2. The Morgan fingerprint density at radius 3 is 1.09 bits per heavy atom. The lowest BCUT2D eigenvalue weighted by atomic mass is 9.95. The van der Waals surface area contributed by atoms with Crippen molar-refractivity contribution in [1.82, 2.24) is 0 Å². The van der Waals surface area contributed by atoms with Gasteiger partial charge in [-0.2, -0.15) is 0 Å². The van der Waals surface area contributed by atoms with Crippen LogP contribution in [0.5, 0.6) is 23.0 Å². The first kappa shape index (κ1) is 55.9. The van der Waals surface area contributed by atoms with E-state index in [1.165, 1.54) is 0 Å². The minimum Gasteiger partial charge on any atom is -0.497 e. The van der Waals surface area contributed by atoms with Crippen molar-refractivity contribution in [2.45, 2.75) is 94.4 Å². The van der Waals surface area contributed by atoms with Crippen molar-refractivity contribution in [1.29, 1.82) is 0 Å². The molecule has 0 aromatic heterocycles. The van der Waals surface area contributed by atoms with Crippen molar-refractivity contribution in [2.75, 3.05) is 33.3 Å². The zero-order valence-electron chi connectivity index (χ0n) is 43.6. The van der Waals surface area contributed by atoms with E-state index in [4.69, 9.17) is 73.2 Å². The number of methoxy groups -OCH3 is 2. The van der Waals surface area contributed by atoms with Gasteiger partial charge in [0.25, 0.3) is 0 Å². The maximum atomic E-state index is 13.5. The summed E-state index contributed by atoms with van der Waals surface area (Å²) in [6.45, 7) is 0.565. The highest BCUT2D eigenvalue weighted by Crippen LogP contribution is 2.37. The summed E-state index contributed by atoms with van der Waals surface area (Å²) in [4.78, 5) is 13.5. The lowest BCUT2D eigenvalue weighted by molar-refractivity contribution is -0.374. The number of benzene rings is 7. The molecular formula is C63H65ClO14. The van der Waals surface area contributed by atoms with Crippen LogP contribution in [0.3, 0.4) is 0 Å². The summed E-state index contributed by atoms with van der Waals surface area (Å²) in [7, 11) is 3.20. The van der Waals surface area contributed by atoms with Crippen LogP contribution in [0.15, 0.2) is 200 Å². The van der Waals surface area contributed by atoms with Gasteiger partial charge in [-0.1, -0.05) is 152 Å². The number of alkyl halides is 1. The molecule has 7 aromatic rings. The van der Waals surface area contributed by atoms with Gasteiger partial charge in [-0.15, -0.1) is 11.6 Å². The summed E-state index contributed by atoms with van der Waals surface area (Å²) in [5, 5.41) is 0. The van der Waals surface area contributed by atoms with Crippen LogP contribution in [0.25, 0.3) is 0 Å². The molecule has 2 heterocycles. The molecule has 78 heavy (non-hydrogen) atoms. The van der Waals surface area contributed by atoms with Crippen molar-refractivity contribution in [2.24, 2.45) is 0 Å². The Morgan fingerprint density at radius 2 is 0.705 bits per heavy atom. The maximum Gasteiger partial charge on any atom is 0.321 e. The predicted octanol–water partition coefficient (Wildman–Crippen LogP) is 10.7. The molecule has 0 bridgehead atoms. The number of carbonyl (C=O) groups is 1. The fourth-order valence-corrected chi connectivity index (χ4v) is 9.23. The minimum absolute atomic E-state index is 0.0467. The summed E-state index contributed by atoms with van der Waals surface area (Å²) >= 11 is 6.20. The quantitative estimate of drug-likeness (QED) is 0.0357. The van der Waals surface area contributed by atoms with Gasteiger partial charge in [-0.3, -0.25) is 4.79 Å². The van der Waals surface area contributed by atoms with E-state index >= 15 is 0 Å². The van der Waals surface area contributed by atoms with Gasteiger partial charge in [-0.25, -0.2) is 0 Å². The van der Waals surface area contributed by atoms with Crippen molar-refractivity contribution in [3.05, 3.63) is 228 Å². The van der Waals surface area contributed by atoms with E-state index in [2.05, 4.69) is 0 Å². The third kappa shape index (κ3) is 15.9. The highest BCUT2D eigenvalue weighted by Gasteiger charge is 2.55. The molecule has 14 nitrogen and oxygen atoms in total. The van der Waals surface area contributed by atoms with Crippen LogP contribution < -0.4 is 18.9 Å². The number of hydrogen-bond acceptors (Lipinski definition) is 14. The van der Waals surface area contributed by atoms with E-state index in [1.807, 2.05) is 176 Å². The molecule has 7 aromatic carbocycles. The molecule has 0 unspecified atom stereocenters. The molecule has 0 spiro atoms. The van der Waals surface area contributed by atoms with Crippen molar-refractivity contribution in [3.63, 3.8) is 0 Å². The number of halogens is 1. The second-order valence-corrected chi connectivity index (χ2v) is 18.9.